The van der Waals surface area contributed by atoms with Gasteiger partial charge in [0.1, 0.15) is 15.8 Å². The third-order valence-electron chi connectivity index (χ3n) is 6.47. The van der Waals surface area contributed by atoms with Crippen LogP contribution in [0.2, 0.25) is 0 Å². The summed E-state index contributed by atoms with van der Waals surface area (Å²) in [5.74, 6) is 0.337. The number of thioether (sulfide) groups is 1. The van der Waals surface area contributed by atoms with E-state index in [2.05, 4.69) is 6.92 Å². The Kier molecular flexibility index (Phi) is 8.86. The van der Waals surface area contributed by atoms with E-state index in [1.165, 1.54) is 16.2 Å². The lowest BCUT2D eigenvalue weighted by Crippen LogP contribution is -2.49. The van der Waals surface area contributed by atoms with Crippen molar-refractivity contribution in [1.82, 2.24) is 19.2 Å². The third-order valence-corrected chi connectivity index (χ3v) is 7.85. The molecule has 0 bridgehead atoms. The lowest BCUT2D eigenvalue weighted by Gasteiger charge is -2.35. The number of hydrogen-bond donors (Lipinski definition) is 0. The summed E-state index contributed by atoms with van der Waals surface area (Å²) in [5, 5.41) is 0. The summed E-state index contributed by atoms with van der Waals surface area (Å²) in [4.78, 5) is 49.6. The van der Waals surface area contributed by atoms with Crippen molar-refractivity contribution in [3.05, 3.63) is 44.7 Å². The van der Waals surface area contributed by atoms with Crippen LogP contribution in [0.15, 0.2) is 28.0 Å². The van der Waals surface area contributed by atoms with Gasteiger partial charge in [0.05, 0.1) is 17.1 Å². The molecule has 2 amide bonds. The lowest BCUT2D eigenvalue weighted by atomic mass is 10.2. The number of amides is 2. The van der Waals surface area contributed by atoms with E-state index in [1.807, 2.05) is 24.0 Å². The number of thiocarbonyl (C=S) groups is 1. The highest BCUT2D eigenvalue weighted by Gasteiger charge is 2.33. The second-order valence-corrected chi connectivity index (χ2v) is 10.8. The number of nitrogens with zero attached hydrogens (tertiary/aromatic N) is 5. The molecule has 4 heterocycles. The number of carbonyl (C=O) groups is 2. The van der Waals surface area contributed by atoms with Gasteiger partial charge in [0.15, 0.2) is 0 Å². The van der Waals surface area contributed by atoms with Gasteiger partial charge in [-0.2, -0.15) is 0 Å². The zero-order chi connectivity index (χ0) is 26.5. The molecule has 2 aromatic heterocycles. The van der Waals surface area contributed by atoms with E-state index >= 15 is 0 Å². The van der Waals surface area contributed by atoms with Crippen molar-refractivity contribution in [1.29, 1.82) is 0 Å². The van der Waals surface area contributed by atoms with Crippen LogP contribution in [0, 0.1) is 6.92 Å². The van der Waals surface area contributed by atoms with Crippen LogP contribution < -0.4 is 10.5 Å². The standard InChI is InChI=1S/C26H33N5O4S2/c1-4-6-7-8-11-30-24(33)20(37-26(30)36)16-19-22(27-21-10-9-18(3)17-31(21)23(19)32)28-12-14-29(15-13-28)25(34)35-5-2/h9-10,16-17H,4-8,11-15H2,1-3H3/b20-16+. The summed E-state index contributed by atoms with van der Waals surface area (Å²) in [6.45, 7) is 8.63. The molecule has 2 aliphatic rings. The quantitative estimate of drug-likeness (QED) is 0.280. The fraction of sp³-hybridized carbons (Fsp3) is 0.500. The van der Waals surface area contributed by atoms with Crippen LogP contribution in [0.5, 0.6) is 0 Å². The van der Waals surface area contributed by atoms with Crippen molar-refractivity contribution in [3.63, 3.8) is 0 Å². The number of fused-ring (bicyclic) bond motifs is 1. The van der Waals surface area contributed by atoms with Crippen molar-refractivity contribution >= 4 is 57.8 Å². The Balaban J connectivity index is 1.67. The predicted octanol–water partition coefficient (Wildman–Crippen LogP) is 4.06. The minimum absolute atomic E-state index is 0.168. The van der Waals surface area contributed by atoms with E-state index in [4.69, 9.17) is 21.9 Å². The van der Waals surface area contributed by atoms with Crippen LogP contribution in [0.3, 0.4) is 0 Å². The van der Waals surface area contributed by atoms with Crippen molar-refractivity contribution < 1.29 is 14.3 Å². The molecule has 0 radical (unpaired) electrons. The number of hydrogen-bond acceptors (Lipinski definition) is 8. The predicted molar refractivity (Wildman–Crippen MR) is 151 cm³/mol. The van der Waals surface area contributed by atoms with Crippen LogP contribution in [-0.2, 0) is 9.53 Å². The average molecular weight is 544 g/mol. The van der Waals surface area contributed by atoms with Gasteiger partial charge in [-0.3, -0.25) is 18.9 Å². The Morgan fingerprint density at radius 3 is 2.59 bits per heavy atom. The van der Waals surface area contributed by atoms with Gasteiger partial charge in [-0.1, -0.05) is 56.2 Å². The normalized spacial score (nSPS) is 17.4. The molecular formula is C26H33N5O4S2. The molecule has 37 heavy (non-hydrogen) atoms. The van der Waals surface area contributed by atoms with E-state index < -0.39 is 0 Å². The first-order valence-electron chi connectivity index (χ1n) is 12.8. The van der Waals surface area contributed by atoms with E-state index in [1.54, 1.807) is 29.0 Å². The highest BCUT2D eigenvalue weighted by molar-refractivity contribution is 8.26. The molecule has 0 aromatic carbocycles. The second-order valence-electron chi connectivity index (χ2n) is 9.16. The minimum atomic E-state index is -0.341. The van der Waals surface area contributed by atoms with Gasteiger partial charge in [0.2, 0.25) is 0 Å². The zero-order valence-electron chi connectivity index (χ0n) is 21.6. The summed E-state index contributed by atoms with van der Waals surface area (Å²) in [6, 6.07) is 3.72. The molecule has 4 rings (SSSR count). The number of carbonyl (C=O) groups excluding carboxylic acids is 2. The lowest BCUT2D eigenvalue weighted by molar-refractivity contribution is -0.122. The number of rotatable bonds is 8. The largest absolute Gasteiger partial charge is 0.450 e. The summed E-state index contributed by atoms with van der Waals surface area (Å²) in [6.07, 6.45) is 7.23. The monoisotopic (exact) mass is 543 g/mol. The van der Waals surface area contributed by atoms with Gasteiger partial charge in [0, 0.05) is 38.9 Å². The van der Waals surface area contributed by atoms with Crippen LogP contribution in [0.1, 0.15) is 50.7 Å². The van der Waals surface area contributed by atoms with Gasteiger partial charge in [-0.25, -0.2) is 9.78 Å². The zero-order valence-corrected chi connectivity index (χ0v) is 23.2. The Bertz CT molecular complexity index is 1280. The summed E-state index contributed by atoms with van der Waals surface area (Å²) >= 11 is 6.73. The molecule has 2 saturated heterocycles. The maximum atomic E-state index is 13.7. The fourth-order valence-electron chi connectivity index (χ4n) is 4.45. The van der Waals surface area contributed by atoms with Crippen LogP contribution in [0.25, 0.3) is 11.7 Å². The molecule has 0 aliphatic carbocycles. The van der Waals surface area contributed by atoms with Crippen molar-refractivity contribution in [2.45, 2.75) is 46.5 Å². The number of aryl methyl sites for hydroxylation is 1. The number of ether oxygens (including phenoxy) is 1. The van der Waals surface area contributed by atoms with Crippen molar-refractivity contribution in [2.24, 2.45) is 0 Å². The maximum absolute atomic E-state index is 13.7. The van der Waals surface area contributed by atoms with Gasteiger partial charge in [0.25, 0.3) is 11.5 Å². The average Bonchev–Trinajstić information content (AvgIpc) is 3.16. The van der Waals surface area contributed by atoms with Crippen molar-refractivity contribution in [3.8, 4) is 0 Å². The molecule has 0 spiro atoms. The highest BCUT2D eigenvalue weighted by atomic mass is 32.2. The number of piperazine rings is 1. The number of anilines is 1. The van der Waals surface area contributed by atoms with E-state index in [-0.39, 0.29) is 17.6 Å². The number of pyridine rings is 1. The molecule has 11 heteroatoms. The molecule has 0 saturated carbocycles. The molecular weight excluding hydrogens is 510 g/mol. The van der Waals surface area contributed by atoms with Crippen LogP contribution in [-0.4, -0.2) is 74.8 Å². The summed E-state index contributed by atoms with van der Waals surface area (Å²) < 4.78 is 7.16. The smallest absolute Gasteiger partial charge is 0.409 e. The molecule has 0 N–H and O–H groups in total. The third kappa shape index (κ3) is 5.98. The van der Waals surface area contributed by atoms with Gasteiger partial charge < -0.3 is 14.5 Å². The summed E-state index contributed by atoms with van der Waals surface area (Å²) in [5.41, 5.74) is 1.56. The van der Waals surface area contributed by atoms with E-state index in [0.29, 0.717) is 65.6 Å². The van der Waals surface area contributed by atoms with E-state index in [0.717, 1.165) is 31.2 Å². The molecule has 2 fully saturated rings. The molecule has 198 valence electrons. The Morgan fingerprint density at radius 2 is 1.89 bits per heavy atom. The molecule has 2 aliphatic heterocycles. The Hall–Kier alpha value is -2.92. The van der Waals surface area contributed by atoms with Gasteiger partial charge in [-0.15, -0.1) is 0 Å². The first kappa shape index (κ1) is 27.1. The Morgan fingerprint density at radius 1 is 1.14 bits per heavy atom. The number of aromatic nitrogens is 2. The second kappa shape index (κ2) is 12.1. The maximum Gasteiger partial charge on any atom is 0.409 e. The van der Waals surface area contributed by atoms with Crippen molar-refractivity contribution in [2.75, 3.05) is 44.2 Å². The summed E-state index contributed by atoms with van der Waals surface area (Å²) in [7, 11) is 0. The highest BCUT2D eigenvalue weighted by Crippen LogP contribution is 2.34. The van der Waals surface area contributed by atoms with Gasteiger partial charge >= 0.3 is 6.09 Å². The molecule has 9 nitrogen and oxygen atoms in total. The SMILES string of the molecule is CCCCCCN1C(=O)/C(=C\c2c(N3CCN(C(=O)OCC)CC3)nc3ccc(C)cn3c2=O)SC1=S. The topological polar surface area (TPSA) is 87.5 Å². The molecule has 0 atom stereocenters. The van der Waals surface area contributed by atoms with Gasteiger partial charge in [-0.05, 0) is 38.0 Å². The Labute approximate surface area is 226 Å². The first-order chi connectivity index (χ1) is 17.8. The van der Waals surface area contributed by atoms with Crippen LogP contribution >= 0.6 is 24.0 Å². The number of unbranched alkanes of at least 4 members (excludes halogenated alkanes) is 3. The molecule has 0 unspecified atom stereocenters. The first-order valence-corrected chi connectivity index (χ1v) is 14.0. The van der Waals surface area contributed by atoms with E-state index in [9.17, 15) is 14.4 Å². The minimum Gasteiger partial charge on any atom is -0.450 e. The van der Waals surface area contributed by atoms with Crippen LogP contribution in [0.4, 0.5) is 10.6 Å². The fourth-order valence-corrected chi connectivity index (χ4v) is 5.74. The molecule has 2 aromatic rings.